The Balaban J connectivity index is 1.23. The zero-order valence-corrected chi connectivity index (χ0v) is 21.4. The van der Waals surface area contributed by atoms with Crippen molar-refractivity contribution in [1.29, 1.82) is 0 Å². The van der Waals surface area contributed by atoms with Gasteiger partial charge in [0.15, 0.2) is 5.76 Å². The number of nitrogens with zero attached hydrogens (tertiary/aromatic N) is 6. The Morgan fingerprint density at radius 3 is 2.51 bits per heavy atom. The molecule has 10 heteroatoms. The van der Waals surface area contributed by atoms with Gasteiger partial charge in [0.05, 0.1) is 6.54 Å². The number of carbonyl (C=O) groups excluding carboxylic acids is 2. The number of nitrogens with one attached hydrogen (secondary N) is 1. The van der Waals surface area contributed by atoms with Crippen LogP contribution in [0.15, 0.2) is 46.9 Å². The smallest absolute Gasteiger partial charge is 0.246 e. The first kappa shape index (κ1) is 25.1. The number of aryl methyl sites for hydroxylation is 1. The average molecular weight is 506 g/mol. The summed E-state index contributed by atoms with van der Waals surface area (Å²) in [5.41, 5.74) is 1.28. The fourth-order valence-electron chi connectivity index (χ4n) is 5.33. The third-order valence-corrected chi connectivity index (χ3v) is 7.29. The molecule has 1 aromatic carbocycles. The van der Waals surface area contributed by atoms with Crippen LogP contribution in [-0.4, -0.2) is 73.5 Å². The Hall–Kier alpha value is -3.53. The molecule has 3 heterocycles. The van der Waals surface area contributed by atoms with Crippen LogP contribution in [0.3, 0.4) is 0 Å². The molecule has 2 aliphatic rings. The van der Waals surface area contributed by atoms with Crippen LogP contribution >= 0.6 is 0 Å². The lowest BCUT2D eigenvalue weighted by Gasteiger charge is -2.38. The lowest BCUT2D eigenvalue weighted by Crippen LogP contribution is -2.52. The molecule has 10 nitrogen and oxygen atoms in total. The van der Waals surface area contributed by atoms with Crippen molar-refractivity contribution >= 4 is 11.8 Å². The largest absolute Gasteiger partial charge is 0.458 e. The second-order valence-corrected chi connectivity index (χ2v) is 10.1. The number of tetrazole rings is 1. The van der Waals surface area contributed by atoms with E-state index in [4.69, 9.17) is 4.42 Å². The van der Waals surface area contributed by atoms with E-state index in [1.165, 1.54) is 10.4 Å². The number of aromatic nitrogens is 4. The molecule has 2 amide bonds. The maximum Gasteiger partial charge on any atom is 0.246 e. The van der Waals surface area contributed by atoms with Gasteiger partial charge < -0.3 is 14.6 Å². The van der Waals surface area contributed by atoms with Gasteiger partial charge in [-0.25, -0.2) is 0 Å². The summed E-state index contributed by atoms with van der Waals surface area (Å²) >= 11 is 0. The normalized spacial score (nSPS) is 17.2. The molecule has 0 radical (unpaired) electrons. The van der Waals surface area contributed by atoms with Crippen LogP contribution in [0.1, 0.15) is 49.8 Å². The van der Waals surface area contributed by atoms with E-state index in [1.54, 1.807) is 11.0 Å². The predicted molar refractivity (Wildman–Crippen MR) is 137 cm³/mol. The summed E-state index contributed by atoms with van der Waals surface area (Å²) in [6, 6.07) is 14.2. The van der Waals surface area contributed by atoms with E-state index in [2.05, 4.69) is 49.9 Å². The van der Waals surface area contributed by atoms with Crippen molar-refractivity contribution in [1.82, 2.24) is 35.3 Å². The molecule has 1 aliphatic heterocycles. The number of rotatable bonds is 9. The van der Waals surface area contributed by atoms with Gasteiger partial charge in [-0.05, 0) is 55.5 Å². The predicted octanol–water partition coefficient (Wildman–Crippen LogP) is 2.79. The summed E-state index contributed by atoms with van der Waals surface area (Å²) in [6.45, 7) is 4.46. The first-order valence-electron chi connectivity index (χ1n) is 13.2. The lowest BCUT2D eigenvalue weighted by atomic mass is 10.0. The fraction of sp³-hybridized carbons (Fsp3) is 0.519. The van der Waals surface area contributed by atoms with E-state index in [0.29, 0.717) is 11.6 Å². The molecule has 1 saturated heterocycles. The van der Waals surface area contributed by atoms with E-state index >= 15 is 0 Å². The molecule has 0 bridgehead atoms. The van der Waals surface area contributed by atoms with Gasteiger partial charge >= 0.3 is 0 Å². The molecule has 37 heavy (non-hydrogen) atoms. The summed E-state index contributed by atoms with van der Waals surface area (Å²) in [7, 11) is 0. The summed E-state index contributed by atoms with van der Waals surface area (Å²) in [5.74, 6) is 1.32. The molecule has 2 aromatic heterocycles. The molecular formula is C27H35N7O3. The van der Waals surface area contributed by atoms with Crippen LogP contribution in [-0.2, 0) is 22.7 Å². The van der Waals surface area contributed by atoms with E-state index in [1.807, 2.05) is 19.1 Å². The van der Waals surface area contributed by atoms with Crippen molar-refractivity contribution in [3.63, 3.8) is 0 Å². The number of piperidine rings is 1. The van der Waals surface area contributed by atoms with Crippen molar-refractivity contribution in [2.45, 2.75) is 70.6 Å². The number of furan rings is 1. The minimum Gasteiger partial charge on any atom is -0.458 e. The van der Waals surface area contributed by atoms with Gasteiger partial charge in [-0.2, -0.15) is 4.80 Å². The van der Waals surface area contributed by atoms with Crippen molar-refractivity contribution < 1.29 is 14.0 Å². The molecule has 1 N–H and O–H groups in total. The van der Waals surface area contributed by atoms with Crippen LogP contribution < -0.4 is 5.32 Å². The summed E-state index contributed by atoms with van der Waals surface area (Å²) in [6.07, 6.45) is 5.94. The second-order valence-electron chi connectivity index (χ2n) is 10.1. The highest BCUT2D eigenvalue weighted by atomic mass is 16.3. The lowest BCUT2D eigenvalue weighted by molar-refractivity contribution is -0.140. The van der Waals surface area contributed by atoms with E-state index < -0.39 is 0 Å². The van der Waals surface area contributed by atoms with Gasteiger partial charge in [0.1, 0.15) is 12.3 Å². The van der Waals surface area contributed by atoms with Crippen molar-refractivity contribution in [3.8, 4) is 11.6 Å². The van der Waals surface area contributed by atoms with E-state index in [9.17, 15) is 9.59 Å². The molecule has 196 valence electrons. The Bertz CT molecular complexity index is 1180. The topological polar surface area (TPSA) is 109 Å². The maximum atomic E-state index is 13.5. The van der Waals surface area contributed by atoms with Crippen LogP contribution in [0, 0.1) is 6.92 Å². The molecule has 0 atom stereocenters. The minimum absolute atomic E-state index is 0.00966. The fourth-order valence-corrected chi connectivity index (χ4v) is 5.33. The van der Waals surface area contributed by atoms with E-state index in [-0.39, 0.29) is 37.0 Å². The number of carbonyl (C=O) groups is 2. The average Bonchev–Trinajstić information content (AvgIpc) is 3.67. The Labute approximate surface area is 217 Å². The minimum atomic E-state index is -0.178. The molecule has 1 saturated carbocycles. The SMILES string of the molecule is Cc1ccc(-c2nnn(CC(=O)N(CC(=O)NC3CCCC3)C3CCN(Cc4ccccc4)CC3)n2)o1. The highest BCUT2D eigenvalue weighted by Gasteiger charge is 2.31. The van der Waals surface area contributed by atoms with Gasteiger partial charge in [0.25, 0.3) is 0 Å². The third kappa shape index (κ3) is 6.62. The van der Waals surface area contributed by atoms with Gasteiger partial charge in [0.2, 0.25) is 17.6 Å². The maximum absolute atomic E-state index is 13.5. The number of hydrogen-bond donors (Lipinski definition) is 1. The Morgan fingerprint density at radius 1 is 1.05 bits per heavy atom. The Kier molecular flexibility index (Phi) is 7.93. The second kappa shape index (κ2) is 11.7. The molecule has 0 spiro atoms. The molecule has 2 fully saturated rings. The highest BCUT2D eigenvalue weighted by molar-refractivity contribution is 5.85. The number of benzene rings is 1. The molecular weight excluding hydrogens is 470 g/mol. The molecule has 0 unspecified atom stereocenters. The van der Waals surface area contributed by atoms with Crippen LogP contribution in [0.25, 0.3) is 11.6 Å². The standard InChI is InChI=1S/C27H35N7O3/c1-20-11-12-24(37-20)27-29-31-34(30-27)19-26(36)33(18-25(35)28-22-9-5-6-10-22)23-13-15-32(16-14-23)17-21-7-3-2-4-8-21/h2-4,7-8,11-12,22-23H,5-6,9-10,13-19H2,1H3,(H,28,35). The zero-order valence-electron chi connectivity index (χ0n) is 21.4. The number of amides is 2. The van der Waals surface area contributed by atoms with Crippen molar-refractivity contribution in [2.24, 2.45) is 0 Å². The summed E-state index contributed by atoms with van der Waals surface area (Å²) < 4.78 is 5.57. The van der Waals surface area contributed by atoms with Crippen LogP contribution in [0.4, 0.5) is 0 Å². The molecule has 5 rings (SSSR count). The first-order valence-corrected chi connectivity index (χ1v) is 13.2. The molecule has 3 aromatic rings. The van der Waals surface area contributed by atoms with Crippen LogP contribution in [0.2, 0.25) is 0 Å². The van der Waals surface area contributed by atoms with Crippen molar-refractivity contribution in [3.05, 3.63) is 53.8 Å². The quantitative estimate of drug-likeness (QED) is 0.476. The monoisotopic (exact) mass is 505 g/mol. The zero-order chi connectivity index (χ0) is 25.6. The van der Waals surface area contributed by atoms with Gasteiger partial charge in [-0.3, -0.25) is 14.5 Å². The molecule has 1 aliphatic carbocycles. The summed E-state index contributed by atoms with van der Waals surface area (Å²) in [4.78, 5) is 31.8. The number of likely N-dealkylation sites (tertiary alicyclic amines) is 1. The van der Waals surface area contributed by atoms with Gasteiger partial charge in [-0.15, -0.1) is 10.2 Å². The summed E-state index contributed by atoms with van der Waals surface area (Å²) in [5, 5.41) is 15.5. The van der Waals surface area contributed by atoms with E-state index in [0.717, 1.165) is 63.9 Å². The third-order valence-electron chi connectivity index (χ3n) is 7.29. The number of hydrogen-bond acceptors (Lipinski definition) is 7. The van der Waals surface area contributed by atoms with Gasteiger partial charge in [-0.1, -0.05) is 43.2 Å². The van der Waals surface area contributed by atoms with Crippen LogP contribution in [0.5, 0.6) is 0 Å². The highest BCUT2D eigenvalue weighted by Crippen LogP contribution is 2.21. The Morgan fingerprint density at radius 2 is 1.81 bits per heavy atom. The van der Waals surface area contributed by atoms with Crippen molar-refractivity contribution in [2.75, 3.05) is 19.6 Å². The van der Waals surface area contributed by atoms with Gasteiger partial charge in [0, 0.05) is 31.7 Å². The first-order chi connectivity index (χ1) is 18.0.